The van der Waals surface area contributed by atoms with Crippen LogP contribution in [0, 0.1) is 6.92 Å². The third-order valence-electron chi connectivity index (χ3n) is 3.01. The molecule has 0 amide bonds. The van der Waals surface area contributed by atoms with Crippen LogP contribution in [0.1, 0.15) is 23.7 Å². The highest BCUT2D eigenvalue weighted by atomic mass is 14.9. The van der Waals surface area contributed by atoms with E-state index >= 15 is 0 Å². The van der Waals surface area contributed by atoms with Crippen molar-refractivity contribution in [1.29, 1.82) is 0 Å². The molecule has 88 valence electrons. The number of benzene rings is 1. The van der Waals surface area contributed by atoms with Gasteiger partial charge < -0.3 is 5.32 Å². The normalized spacial score (nSPS) is 12.6. The maximum Gasteiger partial charge on any atom is 0.0705 e. The molecule has 0 saturated carbocycles. The number of nitrogens with one attached hydrogen (secondary N) is 1. The molecule has 0 spiro atoms. The summed E-state index contributed by atoms with van der Waals surface area (Å²) in [4.78, 5) is 4.51. The van der Waals surface area contributed by atoms with Gasteiger partial charge in [0.05, 0.1) is 5.52 Å². The number of rotatable bonds is 4. The van der Waals surface area contributed by atoms with Crippen molar-refractivity contribution in [3.05, 3.63) is 54.2 Å². The molecular formula is C15H18N2. The molecule has 0 aliphatic rings. The molecule has 2 aromatic rings. The van der Waals surface area contributed by atoms with E-state index in [0.29, 0.717) is 6.04 Å². The molecule has 17 heavy (non-hydrogen) atoms. The lowest BCUT2D eigenvalue weighted by molar-refractivity contribution is 0.604. The Hall–Kier alpha value is -1.67. The van der Waals surface area contributed by atoms with Crippen molar-refractivity contribution in [3.63, 3.8) is 0 Å². The van der Waals surface area contributed by atoms with Crippen LogP contribution >= 0.6 is 0 Å². The Bertz CT molecular complexity index is 531. The fourth-order valence-corrected chi connectivity index (χ4v) is 2.05. The summed E-state index contributed by atoms with van der Waals surface area (Å²) in [5.41, 5.74) is 3.40. The van der Waals surface area contributed by atoms with Crippen LogP contribution < -0.4 is 5.32 Å². The van der Waals surface area contributed by atoms with Gasteiger partial charge in [-0.05, 0) is 44.2 Å². The lowest BCUT2D eigenvalue weighted by Gasteiger charge is -2.15. The summed E-state index contributed by atoms with van der Waals surface area (Å²) in [6.45, 7) is 5.81. The van der Waals surface area contributed by atoms with Gasteiger partial charge in [0.25, 0.3) is 0 Å². The second kappa shape index (κ2) is 5.11. The molecule has 1 N–H and O–H groups in total. The topological polar surface area (TPSA) is 24.9 Å². The highest BCUT2D eigenvalue weighted by Gasteiger charge is 2.07. The van der Waals surface area contributed by atoms with Crippen molar-refractivity contribution in [3.8, 4) is 0 Å². The predicted octanol–water partition coefficient (Wildman–Crippen LogP) is 3.38. The van der Waals surface area contributed by atoms with Gasteiger partial charge in [-0.15, -0.1) is 6.58 Å². The molecule has 1 aromatic heterocycles. The first-order valence-electron chi connectivity index (χ1n) is 5.90. The van der Waals surface area contributed by atoms with Crippen molar-refractivity contribution in [2.45, 2.75) is 19.4 Å². The Morgan fingerprint density at radius 3 is 2.88 bits per heavy atom. The van der Waals surface area contributed by atoms with Crippen LogP contribution in [0.15, 0.2) is 43.0 Å². The zero-order chi connectivity index (χ0) is 12.3. The Morgan fingerprint density at radius 1 is 1.35 bits per heavy atom. The second-order valence-electron chi connectivity index (χ2n) is 4.27. The smallest absolute Gasteiger partial charge is 0.0705 e. The van der Waals surface area contributed by atoms with Crippen LogP contribution in [-0.2, 0) is 0 Å². The molecule has 2 rings (SSSR count). The Balaban J connectivity index is 2.43. The van der Waals surface area contributed by atoms with E-state index in [9.17, 15) is 0 Å². The second-order valence-corrected chi connectivity index (χ2v) is 4.27. The molecule has 1 unspecified atom stereocenters. The molecule has 0 saturated heterocycles. The summed E-state index contributed by atoms with van der Waals surface area (Å²) in [6, 6.07) is 10.9. The third-order valence-corrected chi connectivity index (χ3v) is 3.01. The fourth-order valence-electron chi connectivity index (χ4n) is 2.05. The van der Waals surface area contributed by atoms with Gasteiger partial charge in [0.15, 0.2) is 0 Å². The van der Waals surface area contributed by atoms with Crippen LogP contribution in [0.5, 0.6) is 0 Å². The first kappa shape index (κ1) is 11.8. The summed E-state index contributed by atoms with van der Waals surface area (Å²) in [5.74, 6) is 0. The summed E-state index contributed by atoms with van der Waals surface area (Å²) in [7, 11) is 1.98. The molecule has 0 radical (unpaired) electrons. The summed E-state index contributed by atoms with van der Waals surface area (Å²) in [5, 5.41) is 4.50. The molecule has 0 aliphatic heterocycles. The van der Waals surface area contributed by atoms with Gasteiger partial charge >= 0.3 is 0 Å². The molecule has 1 aromatic carbocycles. The van der Waals surface area contributed by atoms with E-state index in [1.165, 1.54) is 10.9 Å². The zero-order valence-electron chi connectivity index (χ0n) is 10.4. The number of fused-ring (bicyclic) bond motifs is 1. The van der Waals surface area contributed by atoms with Gasteiger partial charge in [-0.2, -0.15) is 0 Å². The predicted molar refractivity (Wildman–Crippen MR) is 73.1 cm³/mol. The van der Waals surface area contributed by atoms with Crippen molar-refractivity contribution < 1.29 is 0 Å². The minimum Gasteiger partial charge on any atom is -0.313 e. The molecule has 2 heteroatoms. The molecule has 2 nitrogen and oxygen atoms in total. The summed E-state index contributed by atoms with van der Waals surface area (Å²) < 4.78 is 0. The molecule has 0 fully saturated rings. The van der Waals surface area contributed by atoms with Crippen LogP contribution in [0.2, 0.25) is 0 Å². The molecular weight excluding hydrogens is 208 g/mol. The van der Waals surface area contributed by atoms with Gasteiger partial charge in [-0.1, -0.05) is 18.2 Å². The largest absolute Gasteiger partial charge is 0.313 e. The average Bonchev–Trinajstić information content (AvgIpc) is 2.35. The zero-order valence-corrected chi connectivity index (χ0v) is 10.4. The summed E-state index contributed by atoms with van der Waals surface area (Å²) in [6.07, 6.45) is 2.88. The first-order chi connectivity index (χ1) is 8.24. The van der Waals surface area contributed by atoms with Crippen LogP contribution in [0.4, 0.5) is 0 Å². The molecule has 0 aliphatic carbocycles. The quantitative estimate of drug-likeness (QED) is 0.808. The van der Waals surface area contributed by atoms with E-state index in [0.717, 1.165) is 17.6 Å². The number of hydrogen-bond donors (Lipinski definition) is 1. The fraction of sp³-hybridized carbons (Fsp3) is 0.267. The number of nitrogens with zero attached hydrogens (tertiary/aromatic N) is 1. The van der Waals surface area contributed by atoms with E-state index in [4.69, 9.17) is 0 Å². The van der Waals surface area contributed by atoms with Crippen LogP contribution in [0.3, 0.4) is 0 Å². The van der Waals surface area contributed by atoms with E-state index in [1.807, 2.05) is 26.1 Å². The van der Waals surface area contributed by atoms with Gasteiger partial charge in [-0.3, -0.25) is 4.98 Å². The van der Waals surface area contributed by atoms with Crippen molar-refractivity contribution in [1.82, 2.24) is 10.3 Å². The van der Waals surface area contributed by atoms with Gasteiger partial charge in [-0.25, -0.2) is 0 Å². The number of aromatic nitrogens is 1. The van der Waals surface area contributed by atoms with Crippen LogP contribution in [-0.4, -0.2) is 12.0 Å². The summed E-state index contributed by atoms with van der Waals surface area (Å²) >= 11 is 0. The monoisotopic (exact) mass is 226 g/mol. The Morgan fingerprint density at radius 2 is 2.18 bits per heavy atom. The SMILES string of the molecule is C=CCC(NC)c1ccc2nc(C)ccc2c1. The molecule has 0 bridgehead atoms. The minimum atomic E-state index is 0.332. The van der Waals surface area contributed by atoms with Gasteiger partial charge in [0.2, 0.25) is 0 Å². The Kier molecular flexibility index (Phi) is 3.55. The molecule has 1 atom stereocenters. The van der Waals surface area contributed by atoms with E-state index in [-0.39, 0.29) is 0 Å². The molecule has 1 heterocycles. The Labute approximate surface area is 102 Å². The maximum atomic E-state index is 4.51. The van der Waals surface area contributed by atoms with Crippen molar-refractivity contribution >= 4 is 10.9 Å². The highest BCUT2D eigenvalue weighted by molar-refractivity contribution is 5.79. The minimum absolute atomic E-state index is 0.332. The van der Waals surface area contributed by atoms with E-state index in [2.05, 4.69) is 41.1 Å². The van der Waals surface area contributed by atoms with E-state index < -0.39 is 0 Å². The number of hydrogen-bond acceptors (Lipinski definition) is 2. The van der Waals surface area contributed by atoms with Gasteiger partial charge in [0.1, 0.15) is 0 Å². The van der Waals surface area contributed by atoms with Crippen molar-refractivity contribution in [2.24, 2.45) is 0 Å². The number of aryl methyl sites for hydroxylation is 1. The average molecular weight is 226 g/mol. The van der Waals surface area contributed by atoms with Crippen LogP contribution in [0.25, 0.3) is 10.9 Å². The highest BCUT2D eigenvalue weighted by Crippen LogP contribution is 2.21. The number of pyridine rings is 1. The lowest BCUT2D eigenvalue weighted by Crippen LogP contribution is -2.15. The van der Waals surface area contributed by atoms with Gasteiger partial charge in [0, 0.05) is 17.1 Å². The van der Waals surface area contributed by atoms with E-state index in [1.54, 1.807) is 0 Å². The maximum absolute atomic E-state index is 4.51. The lowest BCUT2D eigenvalue weighted by atomic mass is 10.0. The standard InChI is InChI=1S/C15H18N2/c1-4-5-14(16-3)12-8-9-15-13(10-12)7-6-11(2)17-15/h4,6-10,14,16H,1,5H2,2-3H3. The van der Waals surface area contributed by atoms with Crippen molar-refractivity contribution in [2.75, 3.05) is 7.05 Å². The first-order valence-corrected chi connectivity index (χ1v) is 5.90. The third kappa shape index (κ3) is 2.53.